The van der Waals surface area contributed by atoms with Gasteiger partial charge in [0.15, 0.2) is 0 Å². The number of halogens is 6. The number of amides is 2. The third kappa shape index (κ3) is 6.71. The Morgan fingerprint density at radius 3 is 2.29 bits per heavy atom. The molecule has 34 heavy (non-hydrogen) atoms. The van der Waals surface area contributed by atoms with Gasteiger partial charge in [0.1, 0.15) is 6.54 Å². The Hall–Kier alpha value is -3.10. The van der Waals surface area contributed by atoms with E-state index in [2.05, 4.69) is 10.6 Å². The van der Waals surface area contributed by atoms with E-state index < -0.39 is 45.4 Å². The Bertz CT molecular complexity index is 1270. The van der Waals surface area contributed by atoms with E-state index in [0.717, 1.165) is 24.3 Å². The molecule has 0 fully saturated rings. The second kappa shape index (κ2) is 9.64. The van der Waals surface area contributed by atoms with Gasteiger partial charge in [0.25, 0.3) is 0 Å². The van der Waals surface area contributed by atoms with Crippen LogP contribution in [0.4, 0.5) is 42.5 Å². The Labute approximate surface area is 193 Å². The highest BCUT2D eigenvalue weighted by Crippen LogP contribution is 2.33. The summed E-state index contributed by atoms with van der Waals surface area (Å²) in [6.45, 7) is -1.79. The number of carbonyl (C=O) groups is 1. The van der Waals surface area contributed by atoms with Crippen molar-refractivity contribution >= 4 is 38.8 Å². The van der Waals surface area contributed by atoms with E-state index in [1.54, 1.807) is 16.8 Å². The molecule has 3 rings (SSSR count). The average Bonchev–Trinajstić information content (AvgIpc) is 3.26. The fourth-order valence-electron chi connectivity index (χ4n) is 2.78. The van der Waals surface area contributed by atoms with Crippen molar-refractivity contribution in [3.05, 3.63) is 64.9 Å². The summed E-state index contributed by atoms with van der Waals surface area (Å²) in [6.07, 6.45) is -9.41. The number of carbonyl (C=O) groups excluding carboxylic acids is 1. The van der Waals surface area contributed by atoms with Gasteiger partial charge in [-0.3, -0.25) is 0 Å². The van der Waals surface area contributed by atoms with Gasteiger partial charge in [-0.25, -0.2) is 17.9 Å². The molecule has 0 aliphatic rings. The van der Waals surface area contributed by atoms with Crippen LogP contribution in [0.5, 0.6) is 0 Å². The number of hydrogen-bond acceptors (Lipinski definition) is 4. The molecule has 0 aliphatic heterocycles. The van der Waals surface area contributed by atoms with E-state index in [1.807, 2.05) is 0 Å². The third-order valence-electron chi connectivity index (χ3n) is 4.29. The number of rotatable bonds is 6. The highest BCUT2D eigenvalue weighted by molar-refractivity contribution is 7.89. The molecular formula is C20H15F6N3O3S2. The van der Waals surface area contributed by atoms with Crippen molar-refractivity contribution in [1.82, 2.24) is 4.72 Å². The second-order valence-electron chi connectivity index (χ2n) is 6.82. The first-order valence-corrected chi connectivity index (χ1v) is 11.7. The molecule has 2 aromatic carbocycles. The van der Waals surface area contributed by atoms with E-state index in [9.17, 15) is 39.6 Å². The lowest BCUT2D eigenvalue weighted by Gasteiger charge is -2.15. The van der Waals surface area contributed by atoms with Crippen LogP contribution in [0, 0.1) is 0 Å². The van der Waals surface area contributed by atoms with Gasteiger partial charge in [-0.1, -0.05) is 12.1 Å². The van der Waals surface area contributed by atoms with Crippen molar-refractivity contribution in [2.45, 2.75) is 17.2 Å². The number of anilines is 2. The van der Waals surface area contributed by atoms with Crippen molar-refractivity contribution in [1.29, 1.82) is 0 Å². The fraction of sp³-hybridized carbons (Fsp3) is 0.150. The van der Waals surface area contributed by atoms with Crippen LogP contribution < -0.4 is 15.4 Å². The highest BCUT2D eigenvalue weighted by atomic mass is 32.2. The summed E-state index contributed by atoms with van der Waals surface area (Å²) >= 11 is 1.30. The molecular weight excluding hydrogens is 508 g/mol. The molecule has 0 radical (unpaired) electrons. The smallest absolute Gasteiger partial charge is 0.308 e. The van der Waals surface area contributed by atoms with Crippen LogP contribution in [-0.4, -0.2) is 27.2 Å². The lowest BCUT2D eigenvalue weighted by Crippen LogP contribution is -2.33. The van der Waals surface area contributed by atoms with Gasteiger partial charge in [-0.15, -0.1) is 0 Å². The molecule has 0 bridgehead atoms. The average molecular weight is 523 g/mol. The van der Waals surface area contributed by atoms with Gasteiger partial charge < -0.3 is 10.6 Å². The number of hydrogen-bond donors (Lipinski definition) is 3. The quantitative estimate of drug-likeness (QED) is 0.351. The Balaban J connectivity index is 1.89. The van der Waals surface area contributed by atoms with E-state index in [-0.39, 0.29) is 11.4 Å². The molecule has 0 saturated heterocycles. The molecule has 2 amide bonds. The van der Waals surface area contributed by atoms with Crippen molar-refractivity contribution < 1.29 is 39.6 Å². The molecule has 0 saturated carbocycles. The number of alkyl halides is 6. The topological polar surface area (TPSA) is 87.3 Å². The monoisotopic (exact) mass is 523 g/mol. The summed E-state index contributed by atoms with van der Waals surface area (Å²) in [5.41, 5.74) is -0.340. The first-order valence-electron chi connectivity index (χ1n) is 9.23. The Morgan fingerprint density at radius 2 is 1.68 bits per heavy atom. The van der Waals surface area contributed by atoms with Crippen molar-refractivity contribution in [2.75, 3.05) is 17.2 Å². The minimum atomic E-state index is -4.78. The standard InChI is InChI=1S/C20H15F6N3O3S2/c21-19(22,23)11-27-34(31,32)15-4-5-16(12-6-7-33-10-12)17(9-15)29-18(30)28-14-3-1-2-13(8-14)20(24,25)26/h1-10,27H,11H2,(H2,28,29,30). The van der Waals surface area contributed by atoms with Gasteiger partial charge in [0.2, 0.25) is 10.0 Å². The zero-order valence-corrected chi connectivity index (χ0v) is 18.4. The van der Waals surface area contributed by atoms with Gasteiger partial charge in [0.05, 0.1) is 16.1 Å². The maximum Gasteiger partial charge on any atom is 0.416 e. The summed E-state index contributed by atoms with van der Waals surface area (Å²) in [5, 5.41) is 7.95. The predicted octanol–water partition coefficient (Wildman–Crippen LogP) is 5.92. The summed E-state index contributed by atoms with van der Waals surface area (Å²) in [4.78, 5) is 11.9. The number of urea groups is 1. The summed E-state index contributed by atoms with van der Waals surface area (Å²) < 4.78 is 102. The summed E-state index contributed by atoms with van der Waals surface area (Å²) in [7, 11) is -4.58. The van der Waals surface area contributed by atoms with Crippen molar-refractivity contribution in [2.24, 2.45) is 0 Å². The molecule has 0 aliphatic carbocycles. The fourth-order valence-corrected chi connectivity index (χ4v) is 4.48. The van der Waals surface area contributed by atoms with Gasteiger partial charge in [-0.05, 0) is 52.7 Å². The van der Waals surface area contributed by atoms with Gasteiger partial charge in [0, 0.05) is 11.3 Å². The molecule has 3 aromatic rings. The molecule has 1 heterocycles. The number of thiophene rings is 1. The van der Waals surface area contributed by atoms with Crippen molar-refractivity contribution in [3.63, 3.8) is 0 Å². The Kier molecular flexibility index (Phi) is 7.24. The van der Waals surface area contributed by atoms with Crippen molar-refractivity contribution in [3.8, 4) is 11.1 Å². The van der Waals surface area contributed by atoms with Crippen LogP contribution in [0.3, 0.4) is 0 Å². The first-order chi connectivity index (χ1) is 15.7. The largest absolute Gasteiger partial charge is 0.416 e. The molecule has 6 nitrogen and oxygen atoms in total. The van der Waals surface area contributed by atoms with Crippen LogP contribution >= 0.6 is 11.3 Å². The predicted molar refractivity (Wildman–Crippen MR) is 115 cm³/mol. The summed E-state index contributed by atoms with van der Waals surface area (Å²) in [6, 6.07) is 7.83. The lowest BCUT2D eigenvalue weighted by molar-refractivity contribution is -0.137. The number of benzene rings is 2. The lowest BCUT2D eigenvalue weighted by atomic mass is 10.1. The summed E-state index contributed by atoms with van der Waals surface area (Å²) in [5.74, 6) is 0. The number of nitrogens with one attached hydrogen (secondary N) is 3. The molecule has 3 N–H and O–H groups in total. The maximum atomic E-state index is 12.9. The zero-order valence-electron chi connectivity index (χ0n) is 16.8. The third-order valence-corrected chi connectivity index (χ3v) is 6.37. The normalized spacial score (nSPS) is 12.4. The van der Waals surface area contributed by atoms with E-state index in [0.29, 0.717) is 17.2 Å². The van der Waals surface area contributed by atoms with E-state index >= 15 is 0 Å². The van der Waals surface area contributed by atoms with E-state index in [1.165, 1.54) is 28.2 Å². The van der Waals surface area contributed by atoms with Crippen LogP contribution in [0.2, 0.25) is 0 Å². The van der Waals surface area contributed by atoms with Crippen LogP contribution in [0.15, 0.2) is 64.2 Å². The molecule has 0 spiro atoms. The van der Waals surface area contributed by atoms with Crippen LogP contribution in [0.25, 0.3) is 11.1 Å². The molecule has 182 valence electrons. The second-order valence-corrected chi connectivity index (χ2v) is 9.36. The van der Waals surface area contributed by atoms with Gasteiger partial charge in [-0.2, -0.15) is 37.7 Å². The number of sulfonamides is 1. The maximum absolute atomic E-state index is 12.9. The van der Waals surface area contributed by atoms with E-state index in [4.69, 9.17) is 0 Å². The minimum absolute atomic E-state index is 0.0854. The minimum Gasteiger partial charge on any atom is -0.308 e. The van der Waals surface area contributed by atoms with Crippen LogP contribution in [0.1, 0.15) is 5.56 Å². The molecule has 0 unspecified atom stereocenters. The molecule has 1 aromatic heterocycles. The zero-order chi connectivity index (χ0) is 25.1. The highest BCUT2D eigenvalue weighted by Gasteiger charge is 2.31. The van der Waals surface area contributed by atoms with Crippen LogP contribution in [-0.2, 0) is 16.2 Å². The van der Waals surface area contributed by atoms with Gasteiger partial charge >= 0.3 is 18.4 Å². The molecule has 0 atom stereocenters. The first kappa shape index (κ1) is 25.5. The Morgan fingerprint density at radius 1 is 0.941 bits per heavy atom. The molecule has 14 heteroatoms. The SMILES string of the molecule is O=C(Nc1cccc(C(F)(F)F)c1)Nc1cc(S(=O)(=O)NCC(F)(F)F)ccc1-c1ccsc1.